The maximum Gasteiger partial charge on any atom is 0.268 e. The number of carbonyl (C=O) groups is 1. The Labute approximate surface area is 282 Å². The second-order valence-corrected chi connectivity index (χ2v) is 14.6. The van der Waals surface area contributed by atoms with Gasteiger partial charge in [-0.05, 0) is 57.8 Å². The molecule has 8 nitrogen and oxygen atoms in total. The van der Waals surface area contributed by atoms with Crippen molar-refractivity contribution < 1.29 is 32.9 Å². The van der Waals surface area contributed by atoms with Crippen LogP contribution in [0.15, 0.2) is 48.6 Å². The monoisotopic (exact) mass is 668 g/mol. The van der Waals surface area contributed by atoms with Gasteiger partial charge in [-0.25, -0.2) is 0 Å². The highest BCUT2D eigenvalue weighted by molar-refractivity contribution is 7.45. The lowest BCUT2D eigenvalue weighted by molar-refractivity contribution is -0.870. The van der Waals surface area contributed by atoms with Crippen LogP contribution in [0.3, 0.4) is 0 Å². The third kappa shape index (κ3) is 31.1. The molecule has 0 aliphatic carbocycles. The minimum Gasteiger partial charge on any atom is -0.756 e. The smallest absolute Gasteiger partial charge is 0.268 e. The summed E-state index contributed by atoms with van der Waals surface area (Å²) in [4.78, 5) is 25.0. The van der Waals surface area contributed by atoms with Crippen LogP contribution in [0.5, 0.6) is 0 Å². The number of likely N-dealkylation sites (N-methyl/N-ethyl adjacent to an activating group) is 1. The van der Waals surface area contributed by atoms with Crippen LogP contribution in [0.2, 0.25) is 0 Å². The van der Waals surface area contributed by atoms with Crippen LogP contribution in [-0.4, -0.2) is 68.5 Å². The normalized spacial score (nSPS) is 15.4. The third-order valence-electron chi connectivity index (χ3n) is 7.49. The SMILES string of the molecule is CCC/C=C/CC/C=C/C(O)C(COP(=O)([O-])OCC[N+](C)(C)C)NC(=O)CCCCCCCCC/C=C\C/C=C\CCCCC. The van der Waals surface area contributed by atoms with E-state index < -0.39 is 26.6 Å². The molecule has 268 valence electrons. The van der Waals surface area contributed by atoms with E-state index in [0.717, 1.165) is 64.2 Å². The first-order valence-corrected chi connectivity index (χ1v) is 19.5. The van der Waals surface area contributed by atoms with Gasteiger partial charge in [0.2, 0.25) is 5.91 Å². The van der Waals surface area contributed by atoms with Gasteiger partial charge in [0, 0.05) is 6.42 Å². The van der Waals surface area contributed by atoms with Crippen LogP contribution in [0, 0.1) is 0 Å². The highest BCUT2D eigenvalue weighted by atomic mass is 31.2. The number of phosphoric acid groups is 1. The summed E-state index contributed by atoms with van der Waals surface area (Å²) in [6.45, 7) is 4.44. The molecule has 0 spiro atoms. The largest absolute Gasteiger partial charge is 0.756 e. The van der Waals surface area contributed by atoms with E-state index in [1.54, 1.807) is 6.08 Å². The molecule has 2 N–H and O–H groups in total. The van der Waals surface area contributed by atoms with Gasteiger partial charge in [-0.3, -0.25) is 9.36 Å². The summed E-state index contributed by atoms with van der Waals surface area (Å²) in [5.41, 5.74) is 0. The van der Waals surface area contributed by atoms with E-state index in [-0.39, 0.29) is 12.5 Å². The molecule has 0 saturated carbocycles. The van der Waals surface area contributed by atoms with Gasteiger partial charge in [0.25, 0.3) is 7.82 Å². The molecule has 0 heterocycles. The van der Waals surface area contributed by atoms with Gasteiger partial charge in [-0.2, -0.15) is 0 Å². The van der Waals surface area contributed by atoms with E-state index in [1.165, 1.54) is 44.9 Å². The zero-order chi connectivity index (χ0) is 34.4. The topological polar surface area (TPSA) is 108 Å². The molecule has 0 radical (unpaired) electrons. The number of carbonyl (C=O) groups excluding carboxylic acids is 1. The van der Waals surface area contributed by atoms with Gasteiger partial charge in [-0.1, -0.05) is 114 Å². The van der Waals surface area contributed by atoms with E-state index >= 15 is 0 Å². The fraction of sp³-hybridized carbons (Fsp3) is 0.757. The van der Waals surface area contributed by atoms with Crippen LogP contribution in [0.25, 0.3) is 0 Å². The van der Waals surface area contributed by atoms with Crippen LogP contribution >= 0.6 is 7.82 Å². The number of allylic oxidation sites excluding steroid dienone is 7. The summed E-state index contributed by atoms with van der Waals surface area (Å²) in [5, 5.41) is 13.5. The Morgan fingerprint density at radius 1 is 0.761 bits per heavy atom. The average molecular weight is 669 g/mol. The van der Waals surface area contributed by atoms with Crippen molar-refractivity contribution in [3.8, 4) is 0 Å². The molecule has 0 aromatic heterocycles. The lowest BCUT2D eigenvalue weighted by Gasteiger charge is -2.29. The number of aliphatic hydroxyl groups excluding tert-OH is 1. The van der Waals surface area contributed by atoms with Crippen molar-refractivity contribution in [2.45, 2.75) is 142 Å². The second kappa shape index (κ2) is 29.6. The number of hydrogen-bond donors (Lipinski definition) is 2. The number of phosphoric ester groups is 1. The molecule has 3 atom stereocenters. The van der Waals surface area contributed by atoms with E-state index in [0.29, 0.717) is 17.4 Å². The summed E-state index contributed by atoms with van der Waals surface area (Å²) in [6.07, 6.45) is 34.6. The average Bonchev–Trinajstić information content (AvgIpc) is 2.99. The van der Waals surface area contributed by atoms with E-state index in [4.69, 9.17) is 9.05 Å². The van der Waals surface area contributed by atoms with Crippen molar-refractivity contribution >= 4 is 13.7 Å². The Morgan fingerprint density at radius 3 is 1.96 bits per heavy atom. The summed E-state index contributed by atoms with van der Waals surface area (Å²) < 4.78 is 22.9. The van der Waals surface area contributed by atoms with Gasteiger partial charge in [-0.15, -0.1) is 0 Å². The lowest BCUT2D eigenvalue weighted by Crippen LogP contribution is -2.45. The summed E-state index contributed by atoms with van der Waals surface area (Å²) in [7, 11) is 1.22. The maximum absolute atomic E-state index is 12.7. The predicted molar refractivity (Wildman–Crippen MR) is 191 cm³/mol. The molecule has 3 unspecified atom stereocenters. The third-order valence-corrected chi connectivity index (χ3v) is 8.46. The molecule has 0 aromatic carbocycles. The molecule has 46 heavy (non-hydrogen) atoms. The molecular weight excluding hydrogens is 599 g/mol. The van der Waals surface area contributed by atoms with Gasteiger partial charge >= 0.3 is 0 Å². The predicted octanol–water partition coefficient (Wildman–Crippen LogP) is 8.33. The Balaban J connectivity index is 4.44. The van der Waals surface area contributed by atoms with Crippen molar-refractivity contribution in [1.29, 1.82) is 0 Å². The van der Waals surface area contributed by atoms with Crippen LogP contribution < -0.4 is 10.2 Å². The first-order valence-electron chi connectivity index (χ1n) is 18.0. The first kappa shape index (κ1) is 44.5. The molecule has 0 aliphatic heterocycles. The fourth-order valence-electron chi connectivity index (χ4n) is 4.56. The van der Waals surface area contributed by atoms with Gasteiger partial charge in [0.05, 0.1) is 39.9 Å². The highest BCUT2D eigenvalue weighted by Gasteiger charge is 2.23. The number of amides is 1. The Hall–Kier alpha value is -1.54. The van der Waals surface area contributed by atoms with Crippen LogP contribution in [0.4, 0.5) is 0 Å². The minimum absolute atomic E-state index is 0.0104. The lowest BCUT2D eigenvalue weighted by atomic mass is 10.1. The van der Waals surface area contributed by atoms with Crippen LogP contribution in [-0.2, 0) is 18.4 Å². The summed E-state index contributed by atoms with van der Waals surface area (Å²) >= 11 is 0. The zero-order valence-corrected chi connectivity index (χ0v) is 30.9. The Kier molecular flexibility index (Phi) is 28.6. The number of nitrogens with one attached hydrogen (secondary N) is 1. The molecule has 0 bridgehead atoms. The van der Waals surface area contributed by atoms with Crippen molar-refractivity contribution in [1.82, 2.24) is 5.32 Å². The molecule has 0 fully saturated rings. The van der Waals surface area contributed by atoms with Crippen molar-refractivity contribution in [2.75, 3.05) is 40.9 Å². The maximum atomic E-state index is 12.7. The number of rotatable bonds is 31. The van der Waals surface area contributed by atoms with Gasteiger partial charge < -0.3 is 28.8 Å². The summed E-state index contributed by atoms with van der Waals surface area (Å²) in [5.74, 6) is -0.224. The van der Waals surface area contributed by atoms with Crippen LogP contribution in [0.1, 0.15) is 129 Å². The van der Waals surface area contributed by atoms with Crippen molar-refractivity contribution in [3.05, 3.63) is 48.6 Å². The number of quaternary nitrogens is 1. The Bertz CT molecular complexity index is 897. The molecule has 0 aromatic rings. The fourth-order valence-corrected chi connectivity index (χ4v) is 5.28. The van der Waals surface area contributed by atoms with Gasteiger partial charge in [0.1, 0.15) is 13.2 Å². The second-order valence-electron chi connectivity index (χ2n) is 13.2. The molecule has 0 saturated heterocycles. The quantitative estimate of drug-likeness (QED) is 0.0333. The molecule has 9 heteroatoms. The van der Waals surface area contributed by atoms with E-state index in [1.807, 2.05) is 27.2 Å². The Morgan fingerprint density at radius 2 is 1.33 bits per heavy atom. The van der Waals surface area contributed by atoms with Crippen molar-refractivity contribution in [3.63, 3.8) is 0 Å². The van der Waals surface area contributed by atoms with E-state index in [9.17, 15) is 19.4 Å². The minimum atomic E-state index is -4.58. The number of hydrogen-bond acceptors (Lipinski definition) is 6. The molecular formula is C37H69N2O6P. The molecule has 0 aliphatic rings. The zero-order valence-electron chi connectivity index (χ0n) is 30.0. The number of nitrogens with zero attached hydrogens (tertiary/aromatic N) is 1. The summed E-state index contributed by atoms with van der Waals surface area (Å²) in [6, 6.07) is -0.903. The van der Waals surface area contributed by atoms with Gasteiger partial charge in [0.15, 0.2) is 0 Å². The highest BCUT2D eigenvalue weighted by Crippen LogP contribution is 2.38. The number of unbranched alkanes of at least 4 members (excludes halogenated alkanes) is 12. The van der Waals surface area contributed by atoms with Crippen molar-refractivity contribution in [2.24, 2.45) is 0 Å². The molecule has 1 amide bonds. The first-order chi connectivity index (χ1) is 22.0. The standard InChI is InChI=1S/C37H69N2O6P/c1-6-8-10-12-14-15-16-17-18-19-20-21-22-23-25-27-29-31-37(41)38-35(36(40)30-28-26-24-13-11-9-7-2)34-45-46(42,43)44-33-32-39(3,4)5/h11,13-15,17-18,28,30,35-36,40H,6-10,12,16,19-27,29,31-34H2,1-5H3,(H-,38,41,42,43)/b13-11+,15-14-,18-17-,30-28+. The number of aliphatic hydroxyl groups is 1. The van der Waals surface area contributed by atoms with E-state index in [2.05, 4.69) is 55.6 Å². The molecule has 0 rings (SSSR count).